The molecule has 1 aromatic heterocycles. The van der Waals surface area contributed by atoms with E-state index in [1.165, 1.54) is 17.8 Å². The SMILES string of the molecule is C[C@@H](OCC1(c2ccccc2)CC[C@](C#N)(n2cn[nH]c2=O)CN1)c1cc(C(F)(F)F)cc(C(F)(F)F)c1. The van der Waals surface area contributed by atoms with E-state index >= 15 is 0 Å². The summed E-state index contributed by atoms with van der Waals surface area (Å²) in [6.45, 7) is 1.26. The minimum absolute atomic E-state index is 0.0113. The second-order valence-corrected chi connectivity index (χ2v) is 9.27. The van der Waals surface area contributed by atoms with Gasteiger partial charge in [0, 0.05) is 6.54 Å². The summed E-state index contributed by atoms with van der Waals surface area (Å²) in [5.74, 6) is 0. The minimum atomic E-state index is -4.97. The highest BCUT2D eigenvalue weighted by atomic mass is 19.4. The third-order valence-electron chi connectivity index (χ3n) is 6.89. The summed E-state index contributed by atoms with van der Waals surface area (Å²) in [6.07, 6.45) is -9.38. The molecule has 1 saturated heterocycles. The highest BCUT2D eigenvalue weighted by molar-refractivity contribution is 5.35. The number of piperidine rings is 1. The largest absolute Gasteiger partial charge is 0.416 e. The standard InChI is InChI=1S/C25H23F6N5O2/c1-16(17-9-19(24(26,27)28)11-20(10-17)25(29,30)31)38-14-23(18-5-3-2-4-6-18)8-7-22(12-32,13-33-23)36-15-34-35-21(36)37/h2-6,9-11,15-16,33H,7-8,13-14H2,1H3,(H,35,37)/t16-,22-,23?/m1/s1. The molecule has 1 unspecified atom stereocenters. The molecule has 3 atom stereocenters. The van der Waals surface area contributed by atoms with E-state index in [2.05, 4.69) is 21.6 Å². The van der Waals surface area contributed by atoms with Gasteiger partial charge in [-0.3, -0.25) is 4.57 Å². The predicted molar refractivity (Wildman–Crippen MR) is 123 cm³/mol. The van der Waals surface area contributed by atoms with E-state index in [1.807, 2.05) is 0 Å². The number of rotatable bonds is 6. The fourth-order valence-electron chi connectivity index (χ4n) is 4.61. The molecule has 1 aliphatic rings. The number of aromatic amines is 1. The zero-order chi connectivity index (χ0) is 27.8. The van der Waals surface area contributed by atoms with E-state index in [1.54, 1.807) is 30.3 Å². The van der Waals surface area contributed by atoms with Crippen LogP contribution >= 0.6 is 0 Å². The molecule has 3 aromatic rings. The second-order valence-electron chi connectivity index (χ2n) is 9.27. The Morgan fingerprint density at radius 2 is 1.71 bits per heavy atom. The lowest BCUT2D eigenvalue weighted by atomic mass is 9.76. The van der Waals surface area contributed by atoms with Crippen molar-refractivity contribution in [3.8, 4) is 6.07 Å². The van der Waals surface area contributed by atoms with Crippen molar-refractivity contribution in [3.05, 3.63) is 87.6 Å². The molecular formula is C25H23F6N5O2. The van der Waals surface area contributed by atoms with Gasteiger partial charge in [0.15, 0.2) is 0 Å². The van der Waals surface area contributed by atoms with Gasteiger partial charge >= 0.3 is 18.0 Å². The van der Waals surface area contributed by atoms with Crippen molar-refractivity contribution in [3.63, 3.8) is 0 Å². The number of benzene rings is 2. The summed E-state index contributed by atoms with van der Waals surface area (Å²) in [7, 11) is 0. The molecule has 0 amide bonds. The van der Waals surface area contributed by atoms with Crippen molar-refractivity contribution in [1.29, 1.82) is 5.26 Å². The molecule has 7 nitrogen and oxygen atoms in total. The lowest BCUT2D eigenvalue weighted by Gasteiger charge is -2.45. The molecule has 1 fully saturated rings. The van der Waals surface area contributed by atoms with E-state index in [-0.39, 0.29) is 37.6 Å². The molecule has 0 spiro atoms. The lowest BCUT2D eigenvalue weighted by molar-refractivity contribution is -0.143. The maximum Gasteiger partial charge on any atom is 0.416 e. The molecule has 0 radical (unpaired) electrons. The van der Waals surface area contributed by atoms with Crippen LogP contribution in [0.3, 0.4) is 0 Å². The summed E-state index contributed by atoms with van der Waals surface area (Å²) in [4.78, 5) is 12.2. The second kappa shape index (κ2) is 9.92. The van der Waals surface area contributed by atoms with Crippen LogP contribution in [0.5, 0.6) is 0 Å². The zero-order valence-corrected chi connectivity index (χ0v) is 20.0. The average molecular weight is 539 g/mol. The average Bonchev–Trinajstić information content (AvgIpc) is 3.33. The Kier molecular flexibility index (Phi) is 7.15. The Morgan fingerprint density at radius 3 is 2.18 bits per heavy atom. The number of halogens is 6. The molecule has 202 valence electrons. The van der Waals surface area contributed by atoms with Crippen LogP contribution in [-0.4, -0.2) is 27.9 Å². The van der Waals surface area contributed by atoms with Crippen LogP contribution < -0.4 is 11.0 Å². The molecule has 13 heteroatoms. The molecule has 2 N–H and O–H groups in total. The van der Waals surface area contributed by atoms with Crippen molar-refractivity contribution < 1.29 is 31.1 Å². The van der Waals surface area contributed by atoms with Gasteiger partial charge in [-0.25, -0.2) is 9.89 Å². The van der Waals surface area contributed by atoms with Crippen LogP contribution in [0.25, 0.3) is 0 Å². The van der Waals surface area contributed by atoms with Gasteiger partial charge in [0.05, 0.1) is 35.4 Å². The summed E-state index contributed by atoms with van der Waals surface area (Å²) in [5.41, 5.74) is -5.11. The van der Waals surface area contributed by atoms with E-state index < -0.39 is 46.4 Å². The number of nitrogens with one attached hydrogen (secondary N) is 2. The van der Waals surface area contributed by atoms with Gasteiger partial charge in [-0.05, 0) is 49.1 Å². The highest BCUT2D eigenvalue weighted by Gasteiger charge is 2.46. The quantitative estimate of drug-likeness (QED) is 0.436. The number of H-pyrrole nitrogens is 1. The number of hydrogen-bond donors (Lipinski definition) is 2. The minimum Gasteiger partial charge on any atom is -0.372 e. The van der Waals surface area contributed by atoms with E-state index in [4.69, 9.17) is 4.74 Å². The summed E-state index contributed by atoms with van der Waals surface area (Å²) >= 11 is 0. The number of nitrogens with zero attached hydrogens (tertiary/aromatic N) is 3. The Hall–Kier alpha value is -3.63. The predicted octanol–water partition coefficient (Wildman–Crippen LogP) is 4.88. The Morgan fingerprint density at radius 1 is 1.08 bits per heavy atom. The Balaban J connectivity index is 1.63. The smallest absolute Gasteiger partial charge is 0.372 e. The number of nitriles is 1. The Labute approximate surface area is 213 Å². The van der Waals surface area contributed by atoms with Crippen LogP contribution in [0.1, 0.15) is 48.1 Å². The van der Waals surface area contributed by atoms with Crippen LogP contribution in [0.4, 0.5) is 26.3 Å². The third kappa shape index (κ3) is 5.32. The van der Waals surface area contributed by atoms with Gasteiger partial charge in [-0.2, -0.15) is 36.7 Å². The van der Waals surface area contributed by atoms with Gasteiger partial charge in [0.2, 0.25) is 0 Å². The number of hydrogen-bond acceptors (Lipinski definition) is 5. The molecule has 1 aliphatic heterocycles. The highest BCUT2D eigenvalue weighted by Crippen LogP contribution is 2.40. The first-order valence-electron chi connectivity index (χ1n) is 11.5. The fourth-order valence-corrected chi connectivity index (χ4v) is 4.61. The third-order valence-corrected chi connectivity index (χ3v) is 6.89. The molecule has 2 aromatic carbocycles. The van der Waals surface area contributed by atoms with Crippen LogP contribution in [0, 0.1) is 11.3 Å². The van der Waals surface area contributed by atoms with Gasteiger partial charge in [-0.15, -0.1) is 0 Å². The normalized spacial score (nSPS) is 23.1. The van der Waals surface area contributed by atoms with Crippen LogP contribution in [0.2, 0.25) is 0 Å². The summed E-state index contributed by atoms with van der Waals surface area (Å²) < 4.78 is 87.1. The monoisotopic (exact) mass is 539 g/mol. The van der Waals surface area contributed by atoms with E-state index in [9.17, 15) is 36.4 Å². The first-order valence-corrected chi connectivity index (χ1v) is 11.5. The van der Waals surface area contributed by atoms with Crippen molar-refractivity contribution in [2.75, 3.05) is 13.2 Å². The molecule has 4 rings (SSSR count). The number of alkyl halides is 6. The van der Waals surface area contributed by atoms with Crippen molar-refractivity contribution >= 4 is 0 Å². The van der Waals surface area contributed by atoms with Gasteiger partial charge in [-0.1, -0.05) is 30.3 Å². The molecule has 0 bridgehead atoms. The molecular weight excluding hydrogens is 516 g/mol. The van der Waals surface area contributed by atoms with Crippen molar-refractivity contribution in [2.24, 2.45) is 0 Å². The van der Waals surface area contributed by atoms with E-state index in [0.29, 0.717) is 12.1 Å². The zero-order valence-electron chi connectivity index (χ0n) is 20.0. The van der Waals surface area contributed by atoms with Crippen LogP contribution in [0.15, 0.2) is 59.7 Å². The number of aromatic nitrogens is 3. The number of ether oxygens (including phenoxy) is 1. The lowest BCUT2D eigenvalue weighted by Crippen LogP contribution is -2.59. The molecule has 2 heterocycles. The maximum atomic E-state index is 13.3. The Bertz CT molecular complexity index is 1330. The molecule has 0 saturated carbocycles. The maximum absolute atomic E-state index is 13.3. The molecule has 0 aliphatic carbocycles. The van der Waals surface area contributed by atoms with E-state index in [0.717, 1.165) is 5.56 Å². The summed E-state index contributed by atoms with van der Waals surface area (Å²) in [5, 5.41) is 19.1. The first-order chi connectivity index (χ1) is 17.8. The first kappa shape index (κ1) is 27.4. The van der Waals surface area contributed by atoms with Crippen LogP contribution in [-0.2, 0) is 28.2 Å². The van der Waals surface area contributed by atoms with Crippen molar-refractivity contribution in [2.45, 2.75) is 49.3 Å². The molecule has 38 heavy (non-hydrogen) atoms. The van der Waals surface area contributed by atoms with Gasteiger partial charge in [0.1, 0.15) is 11.9 Å². The topological polar surface area (TPSA) is 95.7 Å². The van der Waals surface area contributed by atoms with Gasteiger partial charge < -0.3 is 10.1 Å². The van der Waals surface area contributed by atoms with Crippen molar-refractivity contribution in [1.82, 2.24) is 20.1 Å². The summed E-state index contributed by atoms with van der Waals surface area (Å²) in [6, 6.07) is 12.5. The fraction of sp³-hybridized carbons (Fsp3) is 0.400. The van der Waals surface area contributed by atoms with Gasteiger partial charge in [0.25, 0.3) is 0 Å².